The molecule has 1 aromatic rings. The summed E-state index contributed by atoms with van der Waals surface area (Å²) in [5, 5.41) is 10.3. The maximum absolute atomic E-state index is 13.1. The van der Waals surface area contributed by atoms with E-state index in [1.54, 1.807) is 4.90 Å². The van der Waals surface area contributed by atoms with Gasteiger partial charge >= 0.3 is 5.97 Å². The molecule has 3 aliphatic rings. The summed E-state index contributed by atoms with van der Waals surface area (Å²) in [6, 6.07) is 7.16. The molecule has 0 aromatic heterocycles. The van der Waals surface area contributed by atoms with Crippen LogP contribution in [0.2, 0.25) is 5.02 Å². The minimum atomic E-state index is -0.849. The fourth-order valence-corrected chi connectivity index (χ4v) is 4.96. The highest BCUT2D eigenvalue weighted by atomic mass is 35.5. The Bertz CT molecular complexity index is 676. The van der Waals surface area contributed by atoms with Crippen LogP contribution in [0.15, 0.2) is 24.3 Å². The minimum absolute atomic E-state index is 0.0433. The predicted octanol–water partition coefficient (Wildman–Crippen LogP) is 3.69. The molecule has 4 nitrogen and oxygen atoms in total. The van der Waals surface area contributed by atoms with Gasteiger partial charge in [0, 0.05) is 17.0 Å². The Kier molecular flexibility index (Phi) is 4.03. The molecule has 2 saturated carbocycles. The summed E-state index contributed by atoms with van der Waals surface area (Å²) in [6.07, 6.45) is 5.69. The summed E-state index contributed by atoms with van der Waals surface area (Å²) in [5.74, 6) is -0.328. The zero-order valence-corrected chi connectivity index (χ0v) is 14.3. The average molecular weight is 348 g/mol. The van der Waals surface area contributed by atoms with Crippen LogP contribution in [0.5, 0.6) is 0 Å². The van der Waals surface area contributed by atoms with Crippen molar-refractivity contribution in [2.24, 2.45) is 11.8 Å². The maximum Gasteiger partial charge on any atom is 0.326 e. The van der Waals surface area contributed by atoms with Crippen LogP contribution in [0.3, 0.4) is 0 Å². The SMILES string of the molecule is O=C(O)C1CC2CCCCC2N1C(=O)C1CC1c1cccc(Cl)c1. The summed E-state index contributed by atoms with van der Waals surface area (Å²) in [6.45, 7) is 0. The molecular formula is C19H22ClNO3. The third kappa shape index (κ3) is 2.71. The third-order valence-electron chi connectivity index (χ3n) is 6.01. The second-order valence-corrected chi connectivity index (χ2v) is 7.89. The van der Waals surface area contributed by atoms with Crippen molar-refractivity contribution in [3.05, 3.63) is 34.9 Å². The van der Waals surface area contributed by atoms with E-state index in [4.69, 9.17) is 11.6 Å². The highest BCUT2D eigenvalue weighted by molar-refractivity contribution is 6.30. The van der Waals surface area contributed by atoms with Crippen molar-refractivity contribution < 1.29 is 14.7 Å². The molecule has 128 valence electrons. The number of fused-ring (bicyclic) bond motifs is 1. The smallest absolute Gasteiger partial charge is 0.326 e. The molecule has 1 N–H and O–H groups in total. The summed E-state index contributed by atoms with van der Waals surface area (Å²) >= 11 is 6.05. The van der Waals surface area contributed by atoms with Crippen molar-refractivity contribution in [1.29, 1.82) is 0 Å². The summed E-state index contributed by atoms with van der Waals surface area (Å²) in [7, 11) is 0. The number of carbonyl (C=O) groups is 2. The standard InChI is InChI=1S/C19H22ClNO3/c20-13-6-3-5-11(8-13)14-10-15(14)18(22)21-16-7-2-1-4-12(16)9-17(21)19(23)24/h3,5-6,8,12,14-17H,1-2,4,7,9-10H2,(H,23,24). The van der Waals surface area contributed by atoms with Crippen molar-refractivity contribution in [2.45, 2.75) is 56.5 Å². The van der Waals surface area contributed by atoms with Crippen molar-refractivity contribution in [2.75, 3.05) is 0 Å². The molecule has 0 radical (unpaired) electrons. The molecule has 3 fully saturated rings. The lowest BCUT2D eigenvalue weighted by atomic mass is 9.84. The van der Waals surface area contributed by atoms with Gasteiger partial charge in [-0.1, -0.05) is 36.6 Å². The number of aliphatic carboxylic acids is 1. The molecular weight excluding hydrogens is 326 g/mol. The molecule has 5 heteroatoms. The zero-order valence-electron chi connectivity index (χ0n) is 13.5. The van der Waals surface area contributed by atoms with E-state index in [9.17, 15) is 14.7 Å². The number of carboxylic acids is 1. The first-order chi connectivity index (χ1) is 11.6. The number of halogens is 1. The molecule has 1 amide bonds. The van der Waals surface area contributed by atoms with Crippen LogP contribution in [0.4, 0.5) is 0 Å². The first kappa shape index (κ1) is 15.9. The van der Waals surface area contributed by atoms with E-state index in [1.165, 1.54) is 0 Å². The van der Waals surface area contributed by atoms with Gasteiger partial charge in [-0.2, -0.15) is 0 Å². The van der Waals surface area contributed by atoms with E-state index in [2.05, 4.69) is 0 Å². The van der Waals surface area contributed by atoms with Gasteiger partial charge in [0.1, 0.15) is 6.04 Å². The van der Waals surface area contributed by atoms with E-state index >= 15 is 0 Å². The third-order valence-corrected chi connectivity index (χ3v) is 6.25. The molecule has 1 aromatic carbocycles. The Morgan fingerprint density at radius 1 is 1.17 bits per heavy atom. The maximum atomic E-state index is 13.1. The molecule has 5 atom stereocenters. The van der Waals surface area contributed by atoms with Gasteiger partial charge < -0.3 is 10.0 Å². The van der Waals surface area contributed by atoms with Gasteiger partial charge in [-0.15, -0.1) is 0 Å². The number of hydrogen-bond donors (Lipinski definition) is 1. The molecule has 4 rings (SSSR count). The van der Waals surface area contributed by atoms with Crippen LogP contribution in [0.1, 0.15) is 50.0 Å². The Hall–Kier alpha value is -1.55. The molecule has 2 aliphatic carbocycles. The Morgan fingerprint density at radius 2 is 1.96 bits per heavy atom. The number of likely N-dealkylation sites (tertiary alicyclic amines) is 1. The lowest BCUT2D eigenvalue weighted by molar-refractivity contribution is -0.150. The highest BCUT2D eigenvalue weighted by Gasteiger charge is 2.53. The molecule has 0 bridgehead atoms. The highest BCUT2D eigenvalue weighted by Crippen LogP contribution is 2.51. The average Bonchev–Trinajstić information content (AvgIpc) is 3.27. The topological polar surface area (TPSA) is 57.6 Å². The van der Waals surface area contributed by atoms with Crippen molar-refractivity contribution >= 4 is 23.5 Å². The quantitative estimate of drug-likeness (QED) is 0.907. The van der Waals surface area contributed by atoms with Crippen LogP contribution >= 0.6 is 11.6 Å². The number of carboxylic acid groups (broad SMARTS) is 1. The second kappa shape index (κ2) is 6.07. The van der Waals surface area contributed by atoms with Crippen LogP contribution in [-0.2, 0) is 9.59 Å². The molecule has 5 unspecified atom stereocenters. The molecule has 24 heavy (non-hydrogen) atoms. The Labute approximate surface area is 146 Å². The number of benzene rings is 1. The first-order valence-corrected chi connectivity index (χ1v) is 9.24. The van der Waals surface area contributed by atoms with Gasteiger partial charge in [0.25, 0.3) is 0 Å². The van der Waals surface area contributed by atoms with E-state index in [0.717, 1.165) is 37.7 Å². The summed E-state index contributed by atoms with van der Waals surface area (Å²) in [5.41, 5.74) is 1.09. The molecule has 1 heterocycles. The van der Waals surface area contributed by atoms with Crippen molar-refractivity contribution in [3.8, 4) is 0 Å². The van der Waals surface area contributed by atoms with Crippen molar-refractivity contribution in [1.82, 2.24) is 4.90 Å². The number of rotatable bonds is 3. The van der Waals surface area contributed by atoms with Gasteiger partial charge in [-0.25, -0.2) is 4.79 Å². The van der Waals surface area contributed by atoms with Gasteiger partial charge in [0.2, 0.25) is 5.91 Å². The monoisotopic (exact) mass is 347 g/mol. The van der Waals surface area contributed by atoms with Crippen LogP contribution < -0.4 is 0 Å². The largest absolute Gasteiger partial charge is 0.480 e. The molecule has 1 aliphatic heterocycles. The van der Waals surface area contributed by atoms with Gasteiger partial charge in [0.05, 0.1) is 0 Å². The first-order valence-electron chi connectivity index (χ1n) is 8.86. The molecule has 1 saturated heterocycles. The second-order valence-electron chi connectivity index (χ2n) is 7.45. The fourth-order valence-electron chi connectivity index (χ4n) is 4.76. The van der Waals surface area contributed by atoms with E-state index in [1.807, 2.05) is 24.3 Å². The minimum Gasteiger partial charge on any atom is -0.480 e. The van der Waals surface area contributed by atoms with Gasteiger partial charge in [-0.3, -0.25) is 4.79 Å². The zero-order chi connectivity index (χ0) is 16.8. The normalized spacial score (nSPS) is 34.7. The summed E-state index contributed by atoms with van der Waals surface area (Å²) in [4.78, 5) is 26.5. The van der Waals surface area contributed by atoms with E-state index in [-0.39, 0.29) is 23.8 Å². The molecule has 0 spiro atoms. The Morgan fingerprint density at radius 3 is 2.71 bits per heavy atom. The number of hydrogen-bond acceptors (Lipinski definition) is 2. The van der Waals surface area contributed by atoms with E-state index < -0.39 is 12.0 Å². The van der Waals surface area contributed by atoms with Crippen LogP contribution in [0, 0.1) is 11.8 Å². The van der Waals surface area contributed by atoms with Crippen LogP contribution in [-0.4, -0.2) is 34.0 Å². The fraction of sp³-hybridized carbons (Fsp3) is 0.579. The number of carbonyl (C=O) groups excluding carboxylic acids is 1. The van der Waals surface area contributed by atoms with Gasteiger partial charge in [-0.05, 0) is 55.2 Å². The summed E-state index contributed by atoms with van der Waals surface area (Å²) < 4.78 is 0. The Balaban J connectivity index is 1.53. The lowest BCUT2D eigenvalue weighted by Gasteiger charge is -2.33. The van der Waals surface area contributed by atoms with E-state index in [0.29, 0.717) is 17.4 Å². The number of nitrogens with zero attached hydrogens (tertiary/aromatic N) is 1. The van der Waals surface area contributed by atoms with Gasteiger partial charge in [0.15, 0.2) is 0 Å². The number of amides is 1. The van der Waals surface area contributed by atoms with Crippen LogP contribution in [0.25, 0.3) is 0 Å². The lowest BCUT2D eigenvalue weighted by Crippen LogP contribution is -2.47. The van der Waals surface area contributed by atoms with Crippen molar-refractivity contribution in [3.63, 3.8) is 0 Å². The predicted molar refractivity (Wildman–Crippen MR) is 90.9 cm³/mol.